The topological polar surface area (TPSA) is 115 Å². The molecule has 1 rings (SSSR count). The lowest BCUT2D eigenvalue weighted by Gasteiger charge is -2.13. The summed E-state index contributed by atoms with van der Waals surface area (Å²) in [5, 5.41) is 10.7. The van der Waals surface area contributed by atoms with Crippen molar-refractivity contribution in [3.05, 3.63) is 28.3 Å². The number of nitro benzene ring substituents is 1. The van der Waals surface area contributed by atoms with Crippen LogP contribution in [0, 0.1) is 10.1 Å². The van der Waals surface area contributed by atoms with Crippen molar-refractivity contribution in [2.45, 2.75) is 37.6 Å². The van der Waals surface area contributed by atoms with Gasteiger partial charge >= 0.3 is 0 Å². The third kappa shape index (κ3) is 3.90. The number of nitrogens with one attached hydrogen (secondary N) is 1. The van der Waals surface area contributed by atoms with E-state index in [1.807, 2.05) is 6.92 Å². The average molecular weight is 287 g/mol. The maximum atomic E-state index is 12.0. The zero-order chi connectivity index (χ0) is 14.6. The normalized spacial score (nSPS) is 13.2. The maximum absolute atomic E-state index is 12.0. The number of nitrogens with two attached hydrogens (primary N) is 1. The van der Waals surface area contributed by atoms with E-state index in [1.165, 1.54) is 12.1 Å². The third-order valence-electron chi connectivity index (χ3n) is 2.59. The summed E-state index contributed by atoms with van der Waals surface area (Å²) in [5.74, 6) is 0. The summed E-state index contributed by atoms with van der Waals surface area (Å²) >= 11 is 0. The highest BCUT2D eigenvalue weighted by molar-refractivity contribution is 7.89. The van der Waals surface area contributed by atoms with E-state index in [4.69, 9.17) is 5.73 Å². The monoisotopic (exact) mass is 287 g/mol. The Kier molecular flexibility index (Phi) is 4.84. The highest BCUT2D eigenvalue weighted by Crippen LogP contribution is 2.24. The van der Waals surface area contributed by atoms with Crippen LogP contribution in [0.15, 0.2) is 23.1 Å². The quantitative estimate of drug-likeness (QED) is 0.469. The molecule has 8 heteroatoms. The van der Waals surface area contributed by atoms with Gasteiger partial charge in [0, 0.05) is 12.1 Å². The molecule has 0 aliphatic carbocycles. The fraction of sp³-hybridized carbons (Fsp3) is 0.455. The number of nitrogen functional groups attached to an aromatic ring is 1. The summed E-state index contributed by atoms with van der Waals surface area (Å²) < 4.78 is 26.5. The minimum absolute atomic E-state index is 0.0643. The molecular weight excluding hydrogens is 270 g/mol. The molecule has 0 fully saturated rings. The van der Waals surface area contributed by atoms with Gasteiger partial charge < -0.3 is 5.73 Å². The maximum Gasteiger partial charge on any atom is 0.293 e. The molecule has 1 unspecified atom stereocenters. The van der Waals surface area contributed by atoms with Crippen molar-refractivity contribution in [2.24, 2.45) is 0 Å². The first-order valence-corrected chi connectivity index (χ1v) is 7.32. The molecule has 7 nitrogen and oxygen atoms in total. The van der Waals surface area contributed by atoms with E-state index < -0.39 is 20.6 Å². The van der Waals surface area contributed by atoms with Crippen molar-refractivity contribution in [1.29, 1.82) is 0 Å². The summed E-state index contributed by atoms with van der Waals surface area (Å²) in [6.07, 6.45) is 1.53. The van der Waals surface area contributed by atoms with Crippen molar-refractivity contribution in [3.8, 4) is 0 Å². The number of nitrogens with zero attached hydrogens (tertiary/aromatic N) is 1. The second-order valence-corrected chi connectivity index (χ2v) is 6.00. The van der Waals surface area contributed by atoms with Crippen molar-refractivity contribution in [3.63, 3.8) is 0 Å². The molecule has 19 heavy (non-hydrogen) atoms. The van der Waals surface area contributed by atoms with Gasteiger partial charge in [0.2, 0.25) is 10.0 Å². The first-order valence-electron chi connectivity index (χ1n) is 5.84. The summed E-state index contributed by atoms with van der Waals surface area (Å²) in [7, 11) is -3.76. The summed E-state index contributed by atoms with van der Waals surface area (Å²) in [6.45, 7) is 3.69. The molecule has 0 saturated heterocycles. The van der Waals surface area contributed by atoms with Gasteiger partial charge in [-0.15, -0.1) is 0 Å². The van der Waals surface area contributed by atoms with E-state index in [9.17, 15) is 18.5 Å². The molecule has 1 aromatic rings. The Hall–Kier alpha value is -1.67. The molecule has 1 atom stereocenters. The van der Waals surface area contributed by atoms with Crippen molar-refractivity contribution < 1.29 is 13.3 Å². The van der Waals surface area contributed by atoms with Gasteiger partial charge in [0.05, 0.1) is 9.82 Å². The molecule has 0 amide bonds. The second kappa shape index (κ2) is 5.98. The lowest BCUT2D eigenvalue weighted by atomic mass is 10.2. The summed E-state index contributed by atoms with van der Waals surface area (Å²) in [6, 6.07) is 3.21. The fourth-order valence-electron chi connectivity index (χ4n) is 1.67. The predicted molar refractivity (Wildman–Crippen MR) is 72.2 cm³/mol. The first kappa shape index (κ1) is 15.4. The average Bonchev–Trinajstić information content (AvgIpc) is 2.28. The van der Waals surface area contributed by atoms with Crippen LogP contribution in [-0.4, -0.2) is 19.4 Å². The number of hydrogen-bond acceptors (Lipinski definition) is 5. The molecule has 106 valence electrons. The van der Waals surface area contributed by atoms with Crippen LogP contribution in [0.25, 0.3) is 0 Å². The minimum atomic E-state index is -3.76. The molecule has 0 radical (unpaired) electrons. The van der Waals surface area contributed by atoms with Crippen LogP contribution in [0.4, 0.5) is 11.4 Å². The van der Waals surface area contributed by atoms with Gasteiger partial charge in [-0.05, 0) is 25.5 Å². The Morgan fingerprint density at radius 2 is 2.11 bits per heavy atom. The first-order chi connectivity index (χ1) is 8.77. The van der Waals surface area contributed by atoms with Crippen LogP contribution in [0.3, 0.4) is 0 Å². The largest absolute Gasteiger partial charge is 0.393 e. The number of anilines is 1. The fourth-order valence-corrected chi connectivity index (χ4v) is 2.97. The second-order valence-electron chi connectivity index (χ2n) is 4.29. The zero-order valence-corrected chi connectivity index (χ0v) is 11.6. The van der Waals surface area contributed by atoms with Crippen LogP contribution in [0.1, 0.15) is 26.7 Å². The molecule has 0 aromatic heterocycles. The van der Waals surface area contributed by atoms with Crippen LogP contribution in [0.2, 0.25) is 0 Å². The van der Waals surface area contributed by atoms with E-state index >= 15 is 0 Å². The van der Waals surface area contributed by atoms with Crippen LogP contribution >= 0.6 is 0 Å². The summed E-state index contributed by atoms with van der Waals surface area (Å²) in [5.41, 5.74) is 4.95. The van der Waals surface area contributed by atoms with Gasteiger partial charge in [-0.1, -0.05) is 13.3 Å². The van der Waals surface area contributed by atoms with Crippen LogP contribution in [0.5, 0.6) is 0 Å². The minimum Gasteiger partial charge on any atom is -0.393 e. The Bertz CT molecular complexity index is 571. The number of nitro groups is 1. The standard InChI is InChI=1S/C11H17N3O4S/c1-3-4-8(2)13-19(17,18)9-5-6-10(12)11(7-9)14(15)16/h5-8,13H,3-4,12H2,1-2H3. The number of benzene rings is 1. The Balaban J connectivity index is 3.08. The number of sulfonamides is 1. The zero-order valence-electron chi connectivity index (χ0n) is 10.8. The predicted octanol–water partition coefficient (Wildman–Crippen LogP) is 1.64. The molecule has 0 spiro atoms. The molecule has 0 aliphatic rings. The molecule has 0 aliphatic heterocycles. The number of hydrogen-bond donors (Lipinski definition) is 2. The van der Waals surface area contributed by atoms with Gasteiger partial charge in [-0.2, -0.15) is 0 Å². The molecule has 0 heterocycles. The van der Waals surface area contributed by atoms with Crippen molar-refractivity contribution >= 4 is 21.4 Å². The van der Waals surface area contributed by atoms with E-state index in [0.29, 0.717) is 6.42 Å². The molecule has 0 bridgehead atoms. The highest BCUT2D eigenvalue weighted by atomic mass is 32.2. The lowest BCUT2D eigenvalue weighted by Crippen LogP contribution is -2.32. The van der Waals surface area contributed by atoms with Crippen molar-refractivity contribution in [2.75, 3.05) is 5.73 Å². The Morgan fingerprint density at radius 3 is 2.63 bits per heavy atom. The smallest absolute Gasteiger partial charge is 0.293 e. The highest BCUT2D eigenvalue weighted by Gasteiger charge is 2.21. The lowest BCUT2D eigenvalue weighted by molar-refractivity contribution is -0.384. The molecule has 1 aromatic carbocycles. The van der Waals surface area contributed by atoms with E-state index in [2.05, 4.69) is 4.72 Å². The Labute approximate surface area is 112 Å². The molecular formula is C11H17N3O4S. The molecule has 0 saturated carbocycles. The van der Waals surface area contributed by atoms with E-state index in [1.54, 1.807) is 6.92 Å². The third-order valence-corrected chi connectivity index (χ3v) is 4.17. The van der Waals surface area contributed by atoms with Gasteiger partial charge in [-0.3, -0.25) is 10.1 Å². The Morgan fingerprint density at radius 1 is 1.47 bits per heavy atom. The molecule has 3 N–H and O–H groups in total. The SMILES string of the molecule is CCCC(C)NS(=O)(=O)c1ccc(N)c([N+](=O)[O-])c1. The summed E-state index contributed by atoms with van der Waals surface area (Å²) in [4.78, 5) is 9.88. The van der Waals surface area contributed by atoms with Gasteiger partial charge in [0.1, 0.15) is 5.69 Å². The van der Waals surface area contributed by atoms with Crippen LogP contribution < -0.4 is 10.5 Å². The van der Waals surface area contributed by atoms with Gasteiger partial charge in [0.15, 0.2) is 0 Å². The van der Waals surface area contributed by atoms with E-state index in [-0.39, 0.29) is 16.6 Å². The van der Waals surface area contributed by atoms with Gasteiger partial charge in [-0.25, -0.2) is 13.1 Å². The van der Waals surface area contributed by atoms with Crippen LogP contribution in [-0.2, 0) is 10.0 Å². The van der Waals surface area contributed by atoms with Gasteiger partial charge in [0.25, 0.3) is 5.69 Å². The van der Waals surface area contributed by atoms with E-state index in [0.717, 1.165) is 12.5 Å². The van der Waals surface area contributed by atoms with Crippen molar-refractivity contribution in [1.82, 2.24) is 4.72 Å². The number of rotatable bonds is 6.